The number of rotatable bonds is 6. The van der Waals surface area contributed by atoms with E-state index in [0.29, 0.717) is 11.6 Å². The lowest BCUT2D eigenvalue weighted by Crippen LogP contribution is -2.17. The van der Waals surface area contributed by atoms with Crippen molar-refractivity contribution in [1.29, 1.82) is 0 Å². The van der Waals surface area contributed by atoms with Gasteiger partial charge in [-0.15, -0.1) is 0 Å². The highest BCUT2D eigenvalue weighted by Crippen LogP contribution is 2.34. The molecule has 0 aromatic heterocycles. The molecule has 2 rings (SSSR count). The zero-order valence-electron chi connectivity index (χ0n) is 12.3. The van der Waals surface area contributed by atoms with Gasteiger partial charge in [0, 0.05) is 20.9 Å². The van der Waals surface area contributed by atoms with Crippen molar-refractivity contribution in [3.63, 3.8) is 0 Å². The number of ether oxygens (including phenoxy) is 1. The van der Waals surface area contributed by atoms with E-state index in [1.165, 1.54) is 0 Å². The van der Waals surface area contributed by atoms with Gasteiger partial charge in [-0.2, -0.15) is 0 Å². The molecule has 0 spiro atoms. The van der Waals surface area contributed by atoms with Crippen molar-refractivity contribution in [2.24, 2.45) is 5.73 Å². The number of carbonyl (C=O) groups excluding carboxylic acids is 1. The van der Waals surface area contributed by atoms with Gasteiger partial charge in [-0.25, -0.2) is 0 Å². The average molecular weight is 336 g/mol. The maximum atomic E-state index is 11.6. The van der Waals surface area contributed by atoms with E-state index in [2.05, 4.69) is 0 Å². The number of halogens is 1. The van der Waals surface area contributed by atoms with Crippen LogP contribution in [0.25, 0.3) is 0 Å². The van der Waals surface area contributed by atoms with Crippen LogP contribution in [0.5, 0.6) is 0 Å². The molecule has 2 aromatic carbocycles. The Morgan fingerprint density at radius 2 is 1.91 bits per heavy atom. The van der Waals surface area contributed by atoms with Crippen LogP contribution in [0.4, 0.5) is 0 Å². The van der Waals surface area contributed by atoms with Crippen LogP contribution in [-0.4, -0.2) is 12.6 Å². The SMILES string of the molecule is CCOC(=O)C[C@@H](N)c1ccccc1Sc1ccc(Cl)cc1. The zero-order chi connectivity index (χ0) is 15.9. The number of hydrogen-bond donors (Lipinski definition) is 1. The third kappa shape index (κ3) is 4.77. The van der Waals surface area contributed by atoms with E-state index in [1.807, 2.05) is 48.5 Å². The number of esters is 1. The highest BCUT2D eigenvalue weighted by atomic mass is 35.5. The third-order valence-electron chi connectivity index (χ3n) is 3.05. The van der Waals surface area contributed by atoms with Crippen LogP contribution in [0, 0.1) is 0 Å². The fourth-order valence-corrected chi connectivity index (χ4v) is 3.15. The molecule has 0 aliphatic heterocycles. The van der Waals surface area contributed by atoms with Gasteiger partial charge in [0.1, 0.15) is 0 Å². The summed E-state index contributed by atoms with van der Waals surface area (Å²) in [5.74, 6) is -0.277. The molecule has 3 nitrogen and oxygen atoms in total. The summed E-state index contributed by atoms with van der Waals surface area (Å²) in [6, 6.07) is 15.1. The minimum absolute atomic E-state index is 0.173. The maximum Gasteiger partial charge on any atom is 0.307 e. The second-order valence-electron chi connectivity index (χ2n) is 4.71. The van der Waals surface area contributed by atoms with Gasteiger partial charge in [-0.05, 0) is 42.8 Å². The summed E-state index contributed by atoms with van der Waals surface area (Å²) in [6.07, 6.45) is 0.173. The predicted molar refractivity (Wildman–Crippen MR) is 90.2 cm³/mol. The van der Waals surface area contributed by atoms with Crippen LogP contribution in [-0.2, 0) is 9.53 Å². The van der Waals surface area contributed by atoms with E-state index in [1.54, 1.807) is 18.7 Å². The van der Waals surface area contributed by atoms with Crippen LogP contribution in [0.2, 0.25) is 5.02 Å². The Hall–Kier alpha value is -1.49. The number of hydrogen-bond acceptors (Lipinski definition) is 4. The van der Waals surface area contributed by atoms with Crippen LogP contribution in [0.15, 0.2) is 58.3 Å². The summed E-state index contributed by atoms with van der Waals surface area (Å²) in [7, 11) is 0. The van der Waals surface area contributed by atoms with Crippen molar-refractivity contribution >= 4 is 29.3 Å². The first-order valence-electron chi connectivity index (χ1n) is 7.03. The highest BCUT2D eigenvalue weighted by Gasteiger charge is 2.16. The lowest BCUT2D eigenvalue weighted by molar-refractivity contribution is -0.143. The minimum Gasteiger partial charge on any atom is -0.466 e. The lowest BCUT2D eigenvalue weighted by Gasteiger charge is -2.15. The second kappa shape index (κ2) is 8.22. The molecule has 0 saturated heterocycles. The largest absolute Gasteiger partial charge is 0.466 e. The summed E-state index contributed by atoms with van der Waals surface area (Å²) in [4.78, 5) is 13.7. The van der Waals surface area contributed by atoms with Gasteiger partial charge in [-0.1, -0.05) is 41.6 Å². The highest BCUT2D eigenvalue weighted by molar-refractivity contribution is 7.99. The fourth-order valence-electron chi connectivity index (χ4n) is 2.02. The molecule has 0 fully saturated rings. The van der Waals surface area contributed by atoms with Crippen LogP contribution in [0.3, 0.4) is 0 Å². The first kappa shape index (κ1) is 16.9. The summed E-state index contributed by atoms with van der Waals surface area (Å²) < 4.78 is 4.96. The molecule has 0 amide bonds. The van der Waals surface area contributed by atoms with Crippen molar-refractivity contribution in [3.8, 4) is 0 Å². The van der Waals surface area contributed by atoms with Crippen LogP contribution >= 0.6 is 23.4 Å². The fraction of sp³-hybridized carbons (Fsp3) is 0.235. The Kier molecular flexibility index (Phi) is 6.31. The van der Waals surface area contributed by atoms with E-state index >= 15 is 0 Å². The van der Waals surface area contributed by atoms with Crippen molar-refractivity contribution < 1.29 is 9.53 Å². The zero-order valence-corrected chi connectivity index (χ0v) is 13.9. The molecule has 2 aromatic rings. The summed E-state index contributed by atoms with van der Waals surface area (Å²) >= 11 is 7.50. The molecule has 116 valence electrons. The first-order valence-corrected chi connectivity index (χ1v) is 8.23. The van der Waals surface area contributed by atoms with Gasteiger partial charge in [0.15, 0.2) is 0 Å². The Balaban J connectivity index is 2.15. The number of carbonyl (C=O) groups is 1. The van der Waals surface area contributed by atoms with E-state index in [0.717, 1.165) is 15.4 Å². The van der Waals surface area contributed by atoms with E-state index in [4.69, 9.17) is 22.1 Å². The summed E-state index contributed by atoms with van der Waals surface area (Å²) in [5.41, 5.74) is 7.11. The number of nitrogens with two attached hydrogens (primary N) is 1. The molecule has 0 unspecified atom stereocenters. The quantitative estimate of drug-likeness (QED) is 0.793. The molecule has 0 aliphatic carbocycles. The summed E-state index contributed by atoms with van der Waals surface area (Å²) in [5, 5.41) is 0.705. The van der Waals surface area contributed by atoms with Crippen molar-refractivity contribution in [2.45, 2.75) is 29.2 Å². The van der Waals surface area contributed by atoms with E-state index in [-0.39, 0.29) is 18.4 Å². The molecular formula is C17H18ClNO2S. The Labute approximate surface area is 139 Å². The van der Waals surface area contributed by atoms with Crippen LogP contribution in [0.1, 0.15) is 24.9 Å². The molecular weight excluding hydrogens is 318 g/mol. The lowest BCUT2D eigenvalue weighted by atomic mass is 10.1. The minimum atomic E-state index is -0.380. The van der Waals surface area contributed by atoms with Gasteiger partial charge in [0.25, 0.3) is 0 Å². The van der Waals surface area contributed by atoms with Gasteiger partial charge in [0.2, 0.25) is 0 Å². The molecule has 0 bridgehead atoms. The molecule has 0 saturated carbocycles. The monoisotopic (exact) mass is 335 g/mol. The topological polar surface area (TPSA) is 52.3 Å². The van der Waals surface area contributed by atoms with Gasteiger partial charge < -0.3 is 10.5 Å². The Morgan fingerprint density at radius 3 is 2.59 bits per heavy atom. The molecule has 0 aliphatic rings. The predicted octanol–water partition coefficient (Wildman–Crippen LogP) is 4.44. The molecule has 0 radical (unpaired) electrons. The van der Waals surface area contributed by atoms with E-state index in [9.17, 15) is 4.79 Å². The number of benzene rings is 2. The average Bonchev–Trinajstić information content (AvgIpc) is 2.50. The van der Waals surface area contributed by atoms with Crippen LogP contribution < -0.4 is 5.73 Å². The summed E-state index contributed by atoms with van der Waals surface area (Å²) in [6.45, 7) is 2.15. The normalized spacial score (nSPS) is 12.0. The molecule has 0 heterocycles. The Morgan fingerprint density at radius 1 is 1.23 bits per heavy atom. The van der Waals surface area contributed by atoms with E-state index < -0.39 is 0 Å². The standard InChI is InChI=1S/C17H18ClNO2S/c1-2-21-17(20)11-15(19)14-5-3-4-6-16(14)22-13-9-7-12(18)8-10-13/h3-10,15H,2,11,19H2,1H3/t15-/m1/s1. The second-order valence-corrected chi connectivity index (χ2v) is 6.26. The van der Waals surface area contributed by atoms with Gasteiger partial charge in [0.05, 0.1) is 13.0 Å². The first-order chi connectivity index (χ1) is 10.6. The Bertz CT molecular complexity index is 631. The molecule has 1 atom stereocenters. The van der Waals surface area contributed by atoms with Gasteiger partial charge in [-0.3, -0.25) is 4.79 Å². The molecule has 5 heteroatoms. The molecule has 22 heavy (non-hydrogen) atoms. The molecule has 2 N–H and O–H groups in total. The third-order valence-corrected chi connectivity index (χ3v) is 4.40. The maximum absolute atomic E-state index is 11.6. The smallest absolute Gasteiger partial charge is 0.307 e. The van der Waals surface area contributed by atoms with Gasteiger partial charge >= 0.3 is 5.97 Å². The van der Waals surface area contributed by atoms with Crippen molar-refractivity contribution in [3.05, 3.63) is 59.1 Å². The van der Waals surface area contributed by atoms with Crippen molar-refractivity contribution in [1.82, 2.24) is 0 Å². The van der Waals surface area contributed by atoms with Crippen molar-refractivity contribution in [2.75, 3.05) is 6.61 Å².